The highest BCUT2D eigenvalue weighted by Gasteiger charge is 1.95. The number of esters is 2. The van der Waals surface area contributed by atoms with Gasteiger partial charge in [-0.1, -0.05) is 82.6 Å². The Labute approximate surface area is 204 Å². The first-order chi connectivity index (χ1) is 16.0. The molecule has 0 amide bonds. The molecule has 0 aliphatic carbocycles. The lowest BCUT2D eigenvalue weighted by Gasteiger charge is -1.97. The van der Waals surface area contributed by atoms with Crippen molar-refractivity contribution in [2.75, 3.05) is 13.7 Å². The summed E-state index contributed by atoms with van der Waals surface area (Å²) in [6.07, 6.45) is 6.17. The summed E-state index contributed by atoms with van der Waals surface area (Å²) < 4.78 is 8.95. The Morgan fingerprint density at radius 1 is 1.06 bits per heavy atom. The maximum Gasteiger partial charge on any atom is 0.332 e. The Hall–Kier alpha value is -4.18. The van der Waals surface area contributed by atoms with E-state index in [1.165, 1.54) is 31.7 Å². The molecule has 0 fully saturated rings. The zero-order valence-electron chi connectivity index (χ0n) is 20.7. The quantitative estimate of drug-likeness (QED) is 0.227. The molecule has 0 unspecified atom stereocenters. The van der Waals surface area contributed by atoms with E-state index < -0.39 is 5.97 Å². The van der Waals surface area contributed by atoms with Crippen LogP contribution in [0, 0.1) is 11.3 Å². The van der Waals surface area contributed by atoms with Crippen LogP contribution in [0.25, 0.3) is 6.08 Å². The van der Waals surface area contributed by atoms with Crippen LogP contribution < -0.4 is 0 Å². The molecule has 1 N–H and O–H groups in total. The summed E-state index contributed by atoms with van der Waals surface area (Å²) in [7, 11) is 1.33. The van der Waals surface area contributed by atoms with Crippen molar-refractivity contribution in [1.29, 1.82) is 5.26 Å². The normalized spacial score (nSPS) is 7.62. The van der Waals surface area contributed by atoms with Crippen molar-refractivity contribution in [3.63, 3.8) is 0 Å². The third kappa shape index (κ3) is 35.3. The number of carbonyl (C=O) groups is 3. The maximum atomic E-state index is 10.3. The van der Waals surface area contributed by atoms with Crippen LogP contribution in [0.1, 0.15) is 39.2 Å². The Morgan fingerprint density at radius 3 is 1.74 bits per heavy atom. The number of carbonyl (C=O) groups excluding carboxylic acids is 2. The summed E-state index contributed by atoms with van der Waals surface area (Å²) in [6.45, 7) is 22.1. The van der Waals surface area contributed by atoms with Crippen molar-refractivity contribution < 1.29 is 29.0 Å². The van der Waals surface area contributed by atoms with Crippen LogP contribution in [0.5, 0.6) is 0 Å². The molecule has 1 aromatic rings. The van der Waals surface area contributed by atoms with Crippen LogP contribution >= 0.6 is 0 Å². The average Bonchev–Trinajstić information content (AvgIpc) is 2.85. The van der Waals surface area contributed by atoms with Gasteiger partial charge >= 0.3 is 17.9 Å². The summed E-state index contributed by atoms with van der Waals surface area (Å²) in [6, 6.07) is 11.7. The van der Waals surface area contributed by atoms with Crippen molar-refractivity contribution in [3.8, 4) is 6.07 Å². The topological polar surface area (TPSA) is 114 Å². The van der Waals surface area contributed by atoms with Gasteiger partial charge in [-0.15, -0.1) is 0 Å². The number of aliphatic carboxylic acids is 1. The molecular formula is C27H37NO6. The first-order valence-electron chi connectivity index (χ1n) is 10.1. The van der Waals surface area contributed by atoms with Gasteiger partial charge in [0.2, 0.25) is 0 Å². The lowest BCUT2D eigenvalue weighted by molar-refractivity contribution is -0.138. The predicted octanol–water partition coefficient (Wildman–Crippen LogP) is 5.92. The monoisotopic (exact) mass is 471 g/mol. The van der Waals surface area contributed by atoms with Crippen LogP contribution in [0.3, 0.4) is 0 Å². The fraction of sp³-hybridized carbons (Fsp3) is 0.259. The lowest BCUT2D eigenvalue weighted by Crippen LogP contribution is -2.00. The summed E-state index contributed by atoms with van der Waals surface area (Å²) in [5.74, 6) is -1.61. The third-order valence-electron chi connectivity index (χ3n) is 2.93. The molecular weight excluding hydrogens is 434 g/mol. The first-order valence-corrected chi connectivity index (χ1v) is 10.1. The summed E-state index contributed by atoms with van der Waals surface area (Å²) in [4.78, 5) is 30.1. The van der Waals surface area contributed by atoms with Gasteiger partial charge < -0.3 is 14.6 Å². The van der Waals surface area contributed by atoms with Crippen LogP contribution in [0.15, 0.2) is 86.5 Å². The van der Waals surface area contributed by atoms with E-state index in [0.717, 1.165) is 12.8 Å². The van der Waals surface area contributed by atoms with Gasteiger partial charge in [-0.25, -0.2) is 14.4 Å². The van der Waals surface area contributed by atoms with E-state index in [2.05, 4.69) is 42.4 Å². The number of unbranched alkanes of at least 4 members (excludes halogenated alkanes) is 1. The minimum atomic E-state index is -0.935. The smallest absolute Gasteiger partial charge is 0.332 e. The van der Waals surface area contributed by atoms with Crippen LogP contribution in [0.4, 0.5) is 0 Å². The molecule has 7 heteroatoms. The Morgan fingerprint density at radius 2 is 1.53 bits per heavy atom. The minimum absolute atomic E-state index is 0.176. The first kappa shape index (κ1) is 37.2. The molecule has 0 aromatic heterocycles. The van der Waals surface area contributed by atoms with Crippen molar-refractivity contribution in [2.45, 2.75) is 33.6 Å². The highest BCUT2D eigenvalue weighted by molar-refractivity contribution is 5.86. The van der Waals surface area contributed by atoms with Gasteiger partial charge in [0.05, 0.1) is 19.8 Å². The number of carboxylic acid groups (broad SMARTS) is 1. The van der Waals surface area contributed by atoms with Gasteiger partial charge in [0.25, 0.3) is 0 Å². The molecule has 1 aromatic carbocycles. The van der Waals surface area contributed by atoms with Gasteiger partial charge in [-0.05, 0) is 25.8 Å². The Kier molecular flexibility index (Phi) is 31.5. The minimum Gasteiger partial charge on any atom is -0.478 e. The number of allylic oxidation sites excluding steroid dienone is 1. The van der Waals surface area contributed by atoms with Crippen molar-refractivity contribution in [3.05, 3.63) is 92.1 Å². The fourth-order valence-electron chi connectivity index (χ4n) is 1.14. The van der Waals surface area contributed by atoms with Gasteiger partial charge in [0, 0.05) is 23.3 Å². The standard InChI is InChI=1S/C8H8.C7H12O2.C5H8O2.C4H6O2.C3H3N/c1-2-8-6-4-3-5-7-8;1-3-5-6-9-7(8)4-2;1-4(2)5(6)7-3;1-3(2)4(5)6;1-2-3-4/h2-7H,1H2;4H,2-3,5-6H2,1H3;1H2,2-3H3;1H2,2H3,(H,5,6);2H,1H2. The third-order valence-corrected chi connectivity index (χ3v) is 2.93. The number of benzene rings is 1. The van der Waals surface area contributed by atoms with E-state index >= 15 is 0 Å². The fourth-order valence-corrected chi connectivity index (χ4v) is 1.14. The summed E-state index contributed by atoms with van der Waals surface area (Å²) in [5.41, 5.74) is 1.78. The van der Waals surface area contributed by atoms with Crippen LogP contribution in [-0.4, -0.2) is 36.7 Å². The number of methoxy groups -OCH3 is 1. The van der Waals surface area contributed by atoms with Crippen LogP contribution in [-0.2, 0) is 23.9 Å². The number of nitriles is 1. The molecule has 0 radical (unpaired) electrons. The molecule has 1 rings (SSSR count). The van der Waals surface area contributed by atoms with Crippen LogP contribution in [0.2, 0.25) is 0 Å². The van der Waals surface area contributed by atoms with E-state index in [1.807, 2.05) is 43.3 Å². The van der Waals surface area contributed by atoms with E-state index in [4.69, 9.17) is 10.4 Å². The molecule has 0 atom stereocenters. The van der Waals surface area contributed by atoms with Crippen molar-refractivity contribution >= 4 is 24.0 Å². The highest BCUT2D eigenvalue weighted by atomic mass is 16.5. The number of hydrogen-bond acceptors (Lipinski definition) is 6. The molecule has 0 bridgehead atoms. The SMILES string of the molecule is C=C(C)C(=O)O.C=C(C)C(=O)OC.C=CC#N.C=CC(=O)OCCCC.C=Cc1ccccc1. The van der Waals surface area contributed by atoms with Gasteiger partial charge in [-0.2, -0.15) is 5.26 Å². The van der Waals surface area contributed by atoms with E-state index in [-0.39, 0.29) is 17.5 Å². The summed E-state index contributed by atoms with van der Waals surface area (Å²) in [5, 5.41) is 15.4. The van der Waals surface area contributed by atoms with Gasteiger partial charge in [0.15, 0.2) is 0 Å². The second kappa shape index (κ2) is 28.8. The number of hydrogen-bond donors (Lipinski definition) is 1. The molecule has 186 valence electrons. The lowest BCUT2D eigenvalue weighted by atomic mass is 10.2. The zero-order valence-corrected chi connectivity index (χ0v) is 20.7. The molecule has 0 heterocycles. The maximum absolute atomic E-state index is 10.3. The zero-order chi connectivity index (χ0) is 27.4. The Bertz CT molecular complexity index is 792. The molecule has 0 aliphatic heterocycles. The largest absolute Gasteiger partial charge is 0.478 e. The second-order valence-electron chi connectivity index (χ2n) is 6.03. The van der Waals surface area contributed by atoms with E-state index in [0.29, 0.717) is 12.2 Å². The number of nitrogens with zero attached hydrogens (tertiary/aromatic N) is 1. The Balaban J connectivity index is -0.000000169. The molecule has 0 saturated carbocycles. The second-order valence-corrected chi connectivity index (χ2v) is 6.03. The van der Waals surface area contributed by atoms with Gasteiger partial charge in [0.1, 0.15) is 0 Å². The molecule has 0 spiro atoms. The molecule has 0 saturated heterocycles. The highest BCUT2D eigenvalue weighted by Crippen LogP contribution is 1.97. The van der Waals surface area contributed by atoms with E-state index in [1.54, 1.807) is 13.0 Å². The number of rotatable bonds is 7. The summed E-state index contributed by atoms with van der Waals surface area (Å²) >= 11 is 0. The molecule has 0 aliphatic rings. The number of ether oxygens (including phenoxy) is 2. The molecule has 7 nitrogen and oxygen atoms in total. The predicted molar refractivity (Wildman–Crippen MR) is 138 cm³/mol. The number of carboxylic acids is 1. The van der Waals surface area contributed by atoms with Crippen molar-refractivity contribution in [1.82, 2.24) is 0 Å². The van der Waals surface area contributed by atoms with Gasteiger partial charge in [-0.3, -0.25) is 0 Å². The average molecular weight is 472 g/mol. The van der Waals surface area contributed by atoms with Crippen molar-refractivity contribution in [2.24, 2.45) is 0 Å². The molecule has 34 heavy (non-hydrogen) atoms. The van der Waals surface area contributed by atoms with E-state index in [9.17, 15) is 14.4 Å².